The molecule has 0 spiro atoms. The zero-order valence-corrected chi connectivity index (χ0v) is 9.43. The zero-order valence-electron chi connectivity index (χ0n) is 9.43. The Kier molecular flexibility index (Phi) is 3.46. The minimum atomic E-state index is 0.0345. The van der Waals surface area contributed by atoms with Gasteiger partial charge in [0.15, 0.2) is 5.75 Å². The summed E-state index contributed by atoms with van der Waals surface area (Å²) in [7, 11) is 0. The summed E-state index contributed by atoms with van der Waals surface area (Å²) in [4.78, 5) is 0. The number of hydrogen-bond donors (Lipinski definition) is 0. The van der Waals surface area contributed by atoms with E-state index < -0.39 is 0 Å². The van der Waals surface area contributed by atoms with Crippen molar-refractivity contribution in [3.8, 4) is 22.6 Å². The van der Waals surface area contributed by atoms with E-state index in [0.717, 1.165) is 11.3 Å². The lowest BCUT2D eigenvalue weighted by atomic mass is 10.0. The molecule has 2 aromatic carbocycles. The number of para-hydroxylation sites is 1. The summed E-state index contributed by atoms with van der Waals surface area (Å²) < 4.78 is 5.38. The van der Waals surface area contributed by atoms with Crippen LogP contribution in [-0.4, -0.2) is 6.61 Å². The second-order valence-corrected chi connectivity index (χ2v) is 3.62. The average molecular weight is 225 g/mol. The van der Waals surface area contributed by atoms with Gasteiger partial charge in [0.1, 0.15) is 12.4 Å². The third-order valence-electron chi connectivity index (χ3n) is 2.42. The fraction of sp³-hybridized carbons (Fsp3) is 0.0667. The maximum atomic E-state index is 11.6. The molecule has 0 saturated heterocycles. The SMILES string of the molecule is C=CCOc1ccc(-c2ccccc2[O])cc1. The number of benzene rings is 2. The van der Waals surface area contributed by atoms with Crippen LogP contribution >= 0.6 is 0 Å². The molecule has 2 heteroatoms. The van der Waals surface area contributed by atoms with Gasteiger partial charge in [-0.05, 0) is 23.8 Å². The molecule has 0 aliphatic rings. The first-order chi connectivity index (χ1) is 8.31. The minimum absolute atomic E-state index is 0.0345. The second kappa shape index (κ2) is 5.21. The van der Waals surface area contributed by atoms with Crippen LogP contribution in [0.4, 0.5) is 0 Å². The van der Waals surface area contributed by atoms with Gasteiger partial charge in [0, 0.05) is 5.56 Å². The quantitative estimate of drug-likeness (QED) is 0.721. The van der Waals surface area contributed by atoms with Crippen LogP contribution in [0.5, 0.6) is 11.5 Å². The van der Waals surface area contributed by atoms with Gasteiger partial charge >= 0.3 is 0 Å². The summed E-state index contributed by atoms with van der Waals surface area (Å²) in [5, 5.41) is 11.6. The highest BCUT2D eigenvalue weighted by Crippen LogP contribution is 2.30. The van der Waals surface area contributed by atoms with E-state index in [1.807, 2.05) is 36.4 Å². The maximum absolute atomic E-state index is 11.6. The third kappa shape index (κ3) is 2.67. The molecule has 85 valence electrons. The Bertz CT molecular complexity index is 501. The minimum Gasteiger partial charge on any atom is -0.490 e. The number of rotatable bonds is 4. The van der Waals surface area contributed by atoms with Crippen LogP contribution in [0.1, 0.15) is 0 Å². The van der Waals surface area contributed by atoms with Gasteiger partial charge in [-0.3, -0.25) is 5.11 Å². The van der Waals surface area contributed by atoms with Gasteiger partial charge in [0.2, 0.25) is 0 Å². The van der Waals surface area contributed by atoms with Crippen molar-refractivity contribution in [1.29, 1.82) is 0 Å². The van der Waals surface area contributed by atoms with Crippen LogP contribution in [-0.2, 0) is 5.11 Å². The van der Waals surface area contributed by atoms with Crippen molar-refractivity contribution >= 4 is 0 Å². The molecule has 17 heavy (non-hydrogen) atoms. The molecule has 0 aromatic heterocycles. The zero-order chi connectivity index (χ0) is 12.1. The second-order valence-electron chi connectivity index (χ2n) is 3.62. The lowest BCUT2D eigenvalue weighted by molar-refractivity contribution is 0.356. The summed E-state index contributed by atoms with van der Waals surface area (Å²) in [5.41, 5.74) is 1.62. The summed E-state index contributed by atoms with van der Waals surface area (Å²) in [6, 6.07) is 14.5. The smallest absolute Gasteiger partial charge is 0.186 e. The Morgan fingerprint density at radius 3 is 2.41 bits per heavy atom. The highest BCUT2D eigenvalue weighted by molar-refractivity contribution is 5.70. The van der Waals surface area contributed by atoms with Gasteiger partial charge in [-0.1, -0.05) is 43.0 Å². The van der Waals surface area contributed by atoms with Crippen LogP contribution in [0.3, 0.4) is 0 Å². The van der Waals surface area contributed by atoms with E-state index in [0.29, 0.717) is 12.2 Å². The molecular formula is C15H13O2. The topological polar surface area (TPSA) is 29.1 Å². The molecule has 0 bridgehead atoms. The number of ether oxygens (including phenoxy) is 1. The largest absolute Gasteiger partial charge is 0.490 e. The normalized spacial score (nSPS) is 9.88. The van der Waals surface area contributed by atoms with Crippen molar-refractivity contribution in [2.75, 3.05) is 6.61 Å². The van der Waals surface area contributed by atoms with Gasteiger partial charge < -0.3 is 4.74 Å². The van der Waals surface area contributed by atoms with E-state index in [2.05, 4.69) is 6.58 Å². The molecule has 0 unspecified atom stereocenters. The summed E-state index contributed by atoms with van der Waals surface area (Å²) >= 11 is 0. The average Bonchev–Trinajstić information content (AvgIpc) is 2.38. The first-order valence-corrected chi connectivity index (χ1v) is 5.41. The van der Waals surface area contributed by atoms with Crippen molar-refractivity contribution in [1.82, 2.24) is 0 Å². The van der Waals surface area contributed by atoms with Crippen molar-refractivity contribution in [3.63, 3.8) is 0 Å². The van der Waals surface area contributed by atoms with Crippen molar-refractivity contribution in [3.05, 3.63) is 61.2 Å². The predicted octanol–water partition coefficient (Wildman–Crippen LogP) is 4.06. The van der Waals surface area contributed by atoms with Gasteiger partial charge in [-0.25, -0.2) is 0 Å². The molecule has 2 aromatic rings. The lowest BCUT2D eigenvalue weighted by Gasteiger charge is -2.05. The number of hydrogen-bond acceptors (Lipinski definition) is 1. The molecule has 1 radical (unpaired) electrons. The first kappa shape index (κ1) is 11.3. The lowest BCUT2D eigenvalue weighted by Crippen LogP contribution is -1.92. The summed E-state index contributed by atoms with van der Waals surface area (Å²) in [5.74, 6) is 0.810. The van der Waals surface area contributed by atoms with Crippen LogP contribution in [0.2, 0.25) is 0 Å². The van der Waals surface area contributed by atoms with Gasteiger partial charge in [-0.15, -0.1) is 0 Å². The van der Waals surface area contributed by atoms with E-state index in [9.17, 15) is 5.11 Å². The Hall–Kier alpha value is -2.22. The molecule has 0 heterocycles. The molecule has 0 N–H and O–H groups in total. The molecule has 2 nitrogen and oxygen atoms in total. The fourth-order valence-electron chi connectivity index (χ4n) is 1.59. The van der Waals surface area contributed by atoms with Gasteiger partial charge in [-0.2, -0.15) is 0 Å². The predicted molar refractivity (Wildman–Crippen MR) is 67.7 cm³/mol. The maximum Gasteiger partial charge on any atom is 0.186 e. The van der Waals surface area contributed by atoms with Crippen molar-refractivity contribution in [2.24, 2.45) is 0 Å². The monoisotopic (exact) mass is 225 g/mol. The van der Waals surface area contributed by atoms with E-state index in [1.165, 1.54) is 0 Å². The van der Waals surface area contributed by atoms with E-state index in [1.54, 1.807) is 18.2 Å². The third-order valence-corrected chi connectivity index (χ3v) is 2.42. The standard InChI is InChI=1S/C15H13O2/c1-2-11-17-13-9-7-12(8-10-13)14-5-3-4-6-15(14)16/h2-10H,1,11H2. The van der Waals surface area contributed by atoms with Crippen LogP contribution in [0.15, 0.2) is 61.2 Å². The van der Waals surface area contributed by atoms with Crippen LogP contribution in [0, 0.1) is 0 Å². The molecule has 0 amide bonds. The molecule has 0 aliphatic heterocycles. The van der Waals surface area contributed by atoms with Gasteiger partial charge in [0.25, 0.3) is 0 Å². The molecule has 0 aliphatic carbocycles. The van der Waals surface area contributed by atoms with Gasteiger partial charge in [0.05, 0.1) is 0 Å². The van der Waals surface area contributed by atoms with E-state index >= 15 is 0 Å². The van der Waals surface area contributed by atoms with E-state index in [-0.39, 0.29) is 5.75 Å². The van der Waals surface area contributed by atoms with E-state index in [4.69, 9.17) is 4.74 Å². The van der Waals surface area contributed by atoms with Crippen LogP contribution < -0.4 is 4.74 Å². The fourth-order valence-corrected chi connectivity index (χ4v) is 1.59. The Balaban J connectivity index is 2.23. The molecule has 0 atom stereocenters. The summed E-state index contributed by atoms with van der Waals surface area (Å²) in [6.07, 6.45) is 1.70. The van der Waals surface area contributed by atoms with Crippen molar-refractivity contribution < 1.29 is 9.84 Å². The Morgan fingerprint density at radius 2 is 1.76 bits per heavy atom. The molecule has 0 saturated carbocycles. The van der Waals surface area contributed by atoms with Crippen molar-refractivity contribution in [2.45, 2.75) is 0 Å². The summed E-state index contributed by atoms with van der Waals surface area (Å²) in [6.45, 7) is 4.07. The molecule has 0 fully saturated rings. The Labute approximate surface area is 101 Å². The molecular weight excluding hydrogens is 212 g/mol. The molecule has 2 rings (SSSR count). The Morgan fingerprint density at radius 1 is 1.06 bits per heavy atom. The van der Waals surface area contributed by atoms with Crippen LogP contribution in [0.25, 0.3) is 11.1 Å². The first-order valence-electron chi connectivity index (χ1n) is 5.41. The highest BCUT2D eigenvalue weighted by atomic mass is 16.5. The highest BCUT2D eigenvalue weighted by Gasteiger charge is 2.04.